The summed E-state index contributed by atoms with van der Waals surface area (Å²) in [6.07, 6.45) is -5.11. The SMILES string of the molecule is CC(S)(CCNC(=O)OC(C)(C)C)Nc1ccc(C(F)(F)F)cc1[N+](=O)[O-]. The molecule has 0 aliphatic rings. The minimum absolute atomic E-state index is 0.109. The highest BCUT2D eigenvalue weighted by molar-refractivity contribution is 7.81. The number of carbonyl (C=O) groups excluding carboxylic acids is 1. The number of thiol groups is 1. The number of alkyl carbamates (subject to hydrolysis) is 1. The predicted octanol–water partition coefficient (Wildman–Crippen LogP) is 4.59. The molecule has 1 amide bonds. The maximum atomic E-state index is 12.8. The molecular formula is C16H22F3N3O4S. The molecule has 11 heteroatoms. The van der Waals surface area contributed by atoms with Crippen molar-refractivity contribution in [2.45, 2.75) is 50.8 Å². The Bertz CT molecular complexity index is 703. The molecule has 0 aromatic heterocycles. The van der Waals surface area contributed by atoms with Crippen molar-refractivity contribution in [1.29, 1.82) is 0 Å². The fourth-order valence-electron chi connectivity index (χ4n) is 2.04. The van der Waals surface area contributed by atoms with Gasteiger partial charge in [0.15, 0.2) is 0 Å². The zero-order valence-corrected chi connectivity index (χ0v) is 16.2. The molecule has 1 aromatic carbocycles. The Morgan fingerprint density at radius 1 is 1.26 bits per heavy atom. The Hall–Kier alpha value is -2.17. The van der Waals surface area contributed by atoms with Crippen LogP contribution in [0.3, 0.4) is 0 Å². The Balaban J connectivity index is 2.81. The van der Waals surface area contributed by atoms with E-state index in [1.165, 1.54) is 0 Å². The summed E-state index contributed by atoms with van der Waals surface area (Å²) in [5, 5.41) is 16.4. The number of halogens is 3. The zero-order chi connectivity index (χ0) is 21.0. The summed E-state index contributed by atoms with van der Waals surface area (Å²) in [7, 11) is 0. The van der Waals surface area contributed by atoms with Crippen molar-refractivity contribution in [2.24, 2.45) is 0 Å². The predicted molar refractivity (Wildman–Crippen MR) is 98.0 cm³/mol. The Kier molecular flexibility index (Phi) is 6.98. The van der Waals surface area contributed by atoms with E-state index in [0.29, 0.717) is 6.07 Å². The standard InChI is InChI=1S/C16H22F3N3O4S/c1-14(2,3)26-13(23)20-8-7-15(4,27)21-11-6-5-10(16(17,18)19)9-12(11)22(24)25/h5-6,9,21,27H,7-8H2,1-4H3,(H,20,23). The number of carbonyl (C=O) groups is 1. The number of hydrogen-bond acceptors (Lipinski definition) is 6. The van der Waals surface area contributed by atoms with Crippen molar-refractivity contribution < 1.29 is 27.6 Å². The van der Waals surface area contributed by atoms with Gasteiger partial charge in [0.05, 0.1) is 15.4 Å². The minimum Gasteiger partial charge on any atom is -0.444 e. The van der Waals surface area contributed by atoms with Gasteiger partial charge >= 0.3 is 12.3 Å². The van der Waals surface area contributed by atoms with Crippen LogP contribution in [0.15, 0.2) is 18.2 Å². The lowest BCUT2D eigenvalue weighted by atomic mass is 10.1. The molecule has 2 N–H and O–H groups in total. The number of nitrogens with zero attached hydrogens (tertiary/aromatic N) is 1. The third kappa shape index (κ3) is 7.94. The highest BCUT2D eigenvalue weighted by Crippen LogP contribution is 2.36. The normalized spacial score (nSPS) is 14.2. The fraction of sp³-hybridized carbons (Fsp3) is 0.562. The summed E-state index contributed by atoms with van der Waals surface area (Å²) < 4.78 is 43.3. The van der Waals surface area contributed by atoms with Crippen LogP contribution in [-0.4, -0.2) is 28.0 Å². The number of amides is 1. The van der Waals surface area contributed by atoms with Crippen LogP contribution in [0, 0.1) is 10.1 Å². The maximum absolute atomic E-state index is 12.8. The number of alkyl halides is 3. The average molecular weight is 409 g/mol. The van der Waals surface area contributed by atoms with Gasteiger partial charge < -0.3 is 15.4 Å². The third-order valence-electron chi connectivity index (χ3n) is 3.21. The van der Waals surface area contributed by atoms with Gasteiger partial charge in [0, 0.05) is 12.6 Å². The Morgan fingerprint density at radius 3 is 2.33 bits per heavy atom. The van der Waals surface area contributed by atoms with E-state index >= 15 is 0 Å². The van der Waals surface area contributed by atoms with Crippen molar-refractivity contribution in [1.82, 2.24) is 5.32 Å². The lowest BCUT2D eigenvalue weighted by Crippen LogP contribution is -2.37. The molecule has 0 bridgehead atoms. The smallest absolute Gasteiger partial charge is 0.416 e. The number of nitrogens with one attached hydrogen (secondary N) is 2. The van der Waals surface area contributed by atoms with E-state index < -0.39 is 38.9 Å². The molecule has 0 radical (unpaired) electrons. The first-order chi connectivity index (χ1) is 12.1. The molecule has 0 fully saturated rings. The zero-order valence-electron chi connectivity index (χ0n) is 15.3. The van der Waals surface area contributed by atoms with Gasteiger partial charge in [-0.25, -0.2) is 4.79 Å². The summed E-state index contributed by atoms with van der Waals surface area (Å²) in [4.78, 5) is 20.8. The van der Waals surface area contributed by atoms with Gasteiger partial charge in [-0.15, -0.1) is 0 Å². The van der Waals surface area contributed by atoms with Crippen molar-refractivity contribution in [3.63, 3.8) is 0 Å². The van der Waals surface area contributed by atoms with Gasteiger partial charge in [-0.05, 0) is 46.2 Å². The molecule has 1 rings (SSSR count). The topological polar surface area (TPSA) is 93.5 Å². The summed E-state index contributed by atoms with van der Waals surface area (Å²) in [6, 6.07) is 2.19. The van der Waals surface area contributed by atoms with E-state index in [4.69, 9.17) is 4.74 Å². The molecule has 0 spiro atoms. The first kappa shape index (κ1) is 22.9. The van der Waals surface area contributed by atoms with E-state index in [1.807, 2.05) is 0 Å². The molecule has 0 saturated heterocycles. The highest BCUT2D eigenvalue weighted by Gasteiger charge is 2.34. The Labute approximate surface area is 160 Å². The van der Waals surface area contributed by atoms with Gasteiger partial charge in [0.1, 0.15) is 11.3 Å². The highest BCUT2D eigenvalue weighted by atomic mass is 32.1. The summed E-state index contributed by atoms with van der Waals surface area (Å²) in [5.74, 6) is 0. The van der Waals surface area contributed by atoms with E-state index in [2.05, 4.69) is 23.3 Å². The number of hydrogen-bond donors (Lipinski definition) is 3. The molecule has 1 aromatic rings. The van der Waals surface area contributed by atoms with E-state index in [9.17, 15) is 28.1 Å². The van der Waals surface area contributed by atoms with Crippen molar-refractivity contribution in [2.75, 3.05) is 11.9 Å². The van der Waals surface area contributed by atoms with Gasteiger partial charge in [-0.1, -0.05) is 0 Å². The van der Waals surface area contributed by atoms with Crippen LogP contribution in [0.25, 0.3) is 0 Å². The second-order valence-electron chi connectivity index (χ2n) is 7.06. The summed E-state index contributed by atoms with van der Waals surface area (Å²) in [6.45, 7) is 6.84. The third-order valence-corrected chi connectivity index (χ3v) is 3.54. The van der Waals surface area contributed by atoms with Crippen molar-refractivity contribution in [3.8, 4) is 0 Å². The molecule has 0 aliphatic carbocycles. The molecule has 152 valence electrons. The second kappa shape index (κ2) is 8.24. The molecule has 1 atom stereocenters. The van der Waals surface area contributed by atoms with Crippen LogP contribution >= 0.6 is 12.6 Å². The Morgan fingerprint density at radius 2 is 1.85 bits per heavy atom. The molecule has 1 unspecified atom stereocenters. The van der Waals surface area contributed by atoms with E-state index in [0.717, 1.165) is 12.1 Å². The van der Waals surface area contributed by atoms with Crippen LogP contribution < -0.4 is 10.6 Å². The number of nitro groups is 1. The minimum atomic E-state index is -4.69. The number of benzene rings is 1. The van der Waals surface area contributed by atoms with Crippen LogP contribution in [0.5, 0.6) is 0 Å². The first-order valence-corrected chi connectivity index (χ1v) is 8.38. The van der Waals surface area contributed by atoms with Crippen LogP contribution in [0.4, 0.5) is 29.3 Å². The molecule has 0 saturated carbocycles. The van der Waals surface area contributed by atoms with Crippen LogP contribution in [0.2, 0.25) is 0 Å². The second-order valence-corrected chi connectivity index (χ2v) is 8.05. The quantitative estimate of drug-likeness (QED) is 0.277. The molecule has 0 heterocycles. The fourth-order valence-corrected chi connectivity index (χ4v) is 2.27. The monoisotopic (exact) mass is 409 g/mol. The number of nitro benzene ring substituents is 1. The van der Waals surface area contributed by atoms with Crippen molar-refractivity contribution in [3.05, 3.63) is 33.9 Å². The summed E-state index contributed by atoms with van der Waals surface area (Å²) >= 11 is 4.34. The lowest BCUT2D eigenvalue weighted by Gasteiger charge is -2.27. The van der Waals surface area contributed by atoms with Crippen LogP contribution in [0.1, 0.15) is 39.7 Å². The average Bonchev–Trinajstić information content (AvgIpc) is 2.43. The largest absolute Gasteiger partial charge is 0.444 e. The number of anilines is 1. The summed E-state index contributed by atoms with van der Waals surface area (Å²) in [5.41, 5.74) is -2.60. The molecular weight excluding hydrogens is 387 g/mol. The first-order valence-electron chi connectivity index (χ1n) is 7.94. The molecule has 0 aliphatic heterocycles. The number of ether oxygens (including phenoxy) is 1. The van der Waals surface area contributed by atoms with E-state index in [1.54, 1.807) is 27.7 Å². The number of rotatable bonds is 6. The van der Waals surface area contributed by atoms with E-state index in [-0.39, 0.29) is 18.7 Å². The van der Waals surface area contributed by atoms with Gasteiger partial charge in [-0.2, -0.15) is 25.8 Å². The van der Waals surface area contributed by atoms with Gasteiger partial charge in [0.25, 0.3) is 5.69 Å². The van der Waals surface area contributed by atoms with Gasteiger partial charge in [0.2, 0.25) is 0 Å². The van der Waals surface area contributed by atoms with Crippen molar-refractivity contribution >= 4 is 30.1 Å². The van der Waals surface area contributed by atoms with Gasteiger partial charge in [-0.3, -0.25) is 10.1 Å². The van der Waals surface area contributed by atoms with Crippen LogP contribution in [-0.2, 0) is 10.9 Å². The molecule has 7 nitrogen and oxygen atoms in total. The lowest BCUT2D eigenvalue weighted by molar-refractivity contribution is -0.384. The molecule has 27 heavy (non-hydrogen) atoms. The maximum Gasteiger partial charge on any atom is 0.416 e.